The van der Waals surface area contributed by atoms with Crippen molar-refractivity contribution in [1.29, 1.82) is 0 Å². The van der Waals surface area contributed by atoms with E-state index in [9.17, 15) is 8.42 Å². The van der Waals surface area contributed by atoms with Gasteiger partial charge in [0.05, 0.1) is 10.6 Å². The first-order valence-electron chi connectivity index (χ1n) is 7.46. The fraction of sp³-hybridized carbons (Fsp3) is 0.600. The van der Waals surface area contributed by atoms with Gasteiger partial charge >= 0.3 is 0 Å². The molecule has 0 aromatic heterocycles. The lowest BCUT2D eigenvalue weighted by Crippen LogP contribution is -2.24. The Hall–Kier alpha value is -0.750. The lowest BCUT2D eigenvalue weighted by molar-refractivity contribution is 0.600. The van der Waals surface area contributed by atoms with Crippen LogP contribution in [0.1, 0.15) is 26.7 Å². The Morgan fingerprint density at radius 3 is 2.33 bits per heavy atom. The third-order valence-corrected chi connectivity index (χ3v) is 7.09. The Labute approximate surface area is 136 Å². The van der Waals surface area contributed by atoms with Gasteiger partial charge in [-0.2, -0.15) is 0 Å². The maximum atomic E-state index is 12.4. The molecule has 0 aliphatic carbocycles. The summed E-state index contributed by atoms with van der Waals surface area (Å²) in [6.07, 6.45) is 2.26. The van der Waals surface area contributed by atoms with Gasteiger partial charge < -0.3 is 9.80 Å². The topological polar surface area (TPSA) is 40.6 Å². The van der Waals surface area contributed by atoms with Crippen LogP contribution in [0.5, 0.6) is 0 Å². The SMILES string of the molecule is CCN(CC)c1ccc(N2CCCC2)c(S(=O)(=O)CBr)c1. The Balaban J connectivity index is 2.51. The number of anilines is 2. The summed E-state index contributed by atoms with van der Waals surface area (Å²) < 4.78 is 24.8. The van der Waals surface area contributed by atoms with E-state index >= 15 is 0 Å². The predicted octanol–water partition coefficient (Wildman–Crippen LogP) is 3.26. The van der Waals surface area contributed by atoms with E-state index in [1.165, 1.54) is 0 Å². The van der Waals surface area contributed by atoms with Crippen LogP contribution in [0, 0.1) is 0 Å². The van der Waals surface area contributed by atoms with Crippen LogP contribution in [0.3, 0.4) is 0 Å². The molecule has 4 nitrogen and oxygen atoms in total. The molecule has 0 radical (unpaired) electrons. The number of hydrogen-bond acceptors (Lipinski definition) is 4. The third kappa shape index (κ3) is 3.54. The summed E-state index contributed by atoms with van der Waals surface area (Å²) in [6.45, 7) is 7.78. The van der Waals surface area contributed by atoms with Gasteiger partial charge in [-0.05, 0) is 44.9 Å². The summed E-state index contributed by atoms with van der Waals surface area (Å²) in [5.74, 6) is 0. The van der Waals surface area contributed by atoms with Crippen LogP contribution in [-0.2, 0) is 9.84 Å². The molecule has 0 bridgehead atoms. The van der Waals surface area contributed by atoms with Crippen molar-refractivity contribution in [2.75, 3.05) is 40.6 Å². The minimum atomic E-state index is -3.29. The van der Waals surface area contributed by atoms with Gasteiger partial charge in [-0.1, -0.05) is 15.9 Å². The first kappa shape index (κ1) is 16.6. The van der Waals surface area contributed by atoms with Gasteiger partial charge in [-0.15, -0.1) is 0 Å². The van der Waals surface area contributed by atoms with Gasteiger partial charge in [0, 0.05) is 31.9 Å². The number of hydrogen-bond donors (Lipinski definition) is 0. The molecule has 1 fully saturated rings. The van der Waals surface area contributed by atoms with E-state index in [0.29, 0.717) is 4.90 Å². The van der Waals surface area contributed by atoms with E-state index in [1.807, 2.05) is 18.2 Å². The van der Waals surface area contributed by atoms with Crippen LogP contribution in [0.2, 0.25) is 0 Å². The molecular weight excluding hydrogens is 352 g/mol. The molecule has 1 aliphatic heterocycles. The molecule has 118 valence electrons. The molecule has 2 rings (SSSR count). The number of nitrogens with zero attached hydrogens (tertiary/aromatic N) is 2. The van der Waals surface area contributed by atoms with Crippen molar-refractivity contribution in [3.63, 3.8) is 0 Å². The number of halogens is 1. The fourth-order valence-electron chi connectivity index (χ4n) is 2.82. The zero-order valence-electron chi connectivity index (χ0n) is 12.7. The van der Waals surface area contributed by atoms with E-state index in [4.69, 9.17) is 0 Å². The molecule has 0 spiro atoms. The van der Waals surface area contributed by atoms with Gasteiger partial charge in [0.15, 0.2) is 9.84 Å². The molecular formula is C15H23BrN2O2S. The average Bonchev–Trinajstić information content (AvgIpc) is 3.02. The summed E-state index contributed by atoms with van der Waals surface area (Å²) >= 11 is 3.13. The van der Waals surface area contributed by atoms with Crippen LogP contribution >= 0.6 is 15.9 Å². The van der Waals surface area contributed by atoms with E-state index in [0.717, 1.165) is 50.4 Å². The molecule has 1 aromatic carbocycles. The molecule has 1 heterocycles. The van der Waals surface area contributed by atoms with Crippen LogP contribution in [0.15, 0.2) is 23.1 Å². The molecule has 6 heteroatoms. The molecule has 1 aliphatic rings. The monoisotopic (exact) mass is 374 g/mol. The predicted molar refractivity (Wildman–Crippen MR) is 92.4 cm³/mol. The minimum absolute atomic E-state index is 0.0391. The Bertz CT molecular complexity index is 579. The van der Waals surface area contributed by atoms with E-state index < -0.39 is 9.84 Å². The van der Waals surface area contributed by atoms with Crippen molar-refractivity contribution in [2.45, 2.75) is 31.6 Å². The van der Waals surface area contributed by atoms with Gasteiger partial charge in [0.1, 0.15) is 4.66 Å². The number of sulfone groups is 1. The summed E-state index contributed by atoms with van der Waals surface area (Å²) in [5.41, 5.74) is 1.82. The first-order valence-corrected chi connectivity index (χ1v) is 10.2. The zero-order valence-corrected chi connectivity index (χ0v) is 15.1. The Morgan fingerprint density at radius 1 is 1.19 bits per heavy atom. The number of alkyl halides is 1. The summed E-state index contributed by atoms with van der Waals surface area (Å²) in [6, 6.07) is 5.83. The summed E-state index contributed by atoms with van der Waals surface area (Å²) in [4.78, 5) is 4.80. The molecule has 1 aromatic rings. The average molecular weight is 375 g/mol. The molecule has 0 N–H and O–H groups in total. The fourth-order valence-corrected chi connectivity index (χ4v) is 4.49. The standard InChI is InChI=1S/C15H23BrN2O2S/c1-3-17(4-2)13-7-8-14(18-9-5-6-10-18)15(11-13)21(19,20)12-16/h7-8,11H,3-6,9-10,12H2,1-2H3. The molecule has 0 atom stereocenters. The van der Waals surface area contributed by atoms with Gasteiger partial charge in [0.2, 0.25) is 0 Å². The van der Waals surface area contributed by atoms with Crippen LogP contribution in [0.25, 0.3) is 0 Å². The molecule has 21 heavy (non-hydrogen) atoms. The quantitative estimate of drug-likeness (QED) is 0.716. The second kappa shape index (κ2) is 7.01. The largest absolute Gasteiger partial charge is 0.372 e. The van der Waals surface area contributed by atoms with Crippen LogP contribution < -0.4 is 9.80 Å². The van der Waals surface area contributed by atoms with Gasteiger partial charge in [-0.3, -0.25) is 0 Å². The highest BCUT2D eigenvalue weighted by Gasteiger charge is 2.24. The van der Waals surface area contributed by atoms with Crippen molar-refractivity contribution < 1.29 is 8.42 Å². The molecule has 1 saturated heterocycles. The highest BCUT2D eigenvalue weighted by atomic mass is 79.9. The lowest BCUT2D eigenvalue weighted by atomic mass is 10.2. The van der Waals surface area contributed by atoms with Crippen molar-refractivity contribution in [3.8, 4) is 0 Å². The van der Waals surface area contributed by atoms with Gasteiger partial charge in [-0.25, -0.2) is 8.42 Å². The number of benzene rings is 1. The lowest BCUT2D eigenvalue weighted by Gasteiger charge is -2.25. The Morgan fingerprint density at radius 2 is 1.81 bits per heavy atom. The first-order chi connectivity index (χ1) is 10.0. The molecule has 0 amide bonds. The highest BCUT2D eigenvalue weighted by molar-refractivity contribution is 9.10. The smallest absolute Gasteiger partial charge is 0.190 e. The van der Waals surface area contributed by atoms with Crippen molar-refractivity contribution >= 4 is 37.1 Å². The van der Waals surface area contributed by atoms with E-state index in [-0.39, 0.29) is 4.66 Å². The summed E-state index contributed by atoms with van der Waals surface area (Å²) in [5, 5.41) is 0. The second-order valence-corrected chi connectivity index (χ2v) is 8.50. The minimum Gasteiger partial charge on any atom is -0.372 e. The van der Waals surface area contributed by atoms with Crippen molar-refractivity contribution in [1.82, 2.24) is 0 Å². The highest BCUT2D eigenvalue weighted by Crippen LogP contribution is 2.33. The van der Waals surface area contributed by atoms with E-state index in [1.54, 1.807) is 0 Å². The van der Waals surface area contributed by atoms with E-state index in [2.05, 4.69) is 39.6 Å². The van der Waals surface area contributed by atoms with Crippen LogP contribution in [0.4, 0.5) is 11.4 Å². The summed E-state index contributed by atoms with van der Waals surface area (Å²) in [7, 11) is -3.29. The zero-order chi connectivity index (χ0) is 15.5. The normalized spacial score (nSPS) is 15.5. The number of rotatable bonds is 6. The van der Waals surface area contributed by atoms with Crippen LogP contribution in [-0.4, -0.2) is 39.3 Å². The van der Waals surface area contributed by atoms with Crippen molar-refractivity contribution in [3.05, 3.63) is 18.2 Å². The van der Waals surface area contributed by atoms with Crippen molar-refractivity contribution in [2.24, 2.45) is 0 Å². The molecule has 0 unspecified atom stereocenters. The maximum Gasteiger partial charge on any atom is 0.190 e. The Kier molecular flexibility index (Phi) is 5.54. The van der Waals surface area contributed by atoms with Gasteiger partial charge in [0.25, 0.3) is 0 Å². The second-order valence-electron chi connectivity index (χ2n) is 5.24. The maximum absolute atomic E-state index is 12.4. The molecule has 0 saturated carbocycles. The third-order valence-electron chi connectivity index (χ3n) is 4.00.